The quantitative estimate of drug-likeness (QED) is 0.675. The standard InChI is InChI=1S/C4H10O.C3H8O2.C2H4O2.C2H6O/c1-4(2)5-3;1-3(5)2-4;1-2(3)4;1-3-2/h4H,1-3H3;3-5H,2H2,1H3;1H3,(H,3,4);1-2H3. The van der Waals surface area contributed by atoms with Crippen molar-refractivity contribution in [2.75, 3.05) is 27.9 Å². The van der Waals surface area contributed by atoms with E-state index in [1.165, 1.54) is 6.92 Å². The van der Waals surface area contributed by atoms with E-state index in [1.54, 1.807) is 21.3 Å². The van der Waals surface area contributed by atoms with Crippen LogP contribution in [0.1, 0.15) is 27.7 Å². The highest BCUT2D eigenvalue weighted by Crippen LogP contribution is 1.77. The predicted octanol–water partition coefficient (Wildman–Crippen LogP) is 0.754. The number of methoxy groups -OCH3 is 2. The van der Waals surface area contributed by atoms with Crippen LogP contribution in [0.15, 0.2) is 0 Å². The maximum absolute atomic E-state index is 9.00. The molecule has 0 aromatic heterocycles. The van der Waals surface area contributed by atoms with E-state index in [9.17, 15) is 0 Å². The van der Waals surface area contributed by atoms with Gasteiger partial charge < -0.3 is 24.8 Å². The smallest absolute Gasteiger partial charge is 0.300 e. The third-order valence-corrected chi connectivity index (χ3v) is 0.736. The lowest BCUT2D eigenvalue weighted by molar-refractivity contribution is -0.134. The molecule has 0 saturated heterocycles. The lowest BCUT2D eigenvalue weighted by atomic mass is 10.5. The van der Waals surface area contributed by atoms with E-state index >= 15 is 0 Å². The largest absolute Gasteiger partial charge is 0.481 e. The molecule has 17 heavy (non-hydrogen) atoms. The van der Waals surface area contributed by atoms with Gasteiger partial charge >= 0.3 is 0 Å². The zero-order valence-electron chi connectivity index (χ0n) is 11.9. The van der Waals surface area contributed by atoms with Crippen LogP contribution in [0.5, 0.6) is 0 Å². The van der Waals surface area contributed by atoms with Gasteiger partial charge in [-0.3, -0.25) is 4.79 Å². The number of aliphatic hydroxyl groups is 2. The summed E-state index contributed by atoms with van der Waals surface area (Å²) in [6, 6.07) is 0. The van der Waals surface area contributed by atoms with Crippen molar-refractivity contribution in [3.05, 3.63) is 0 Å². The van der Waals surface area contributed by atoms with Crippen LogP contribution < -0.4 is 0 Å². The van der Waals surface area contributed by atoms with Gasteiger partial charge in [-0.05, 0) is 20.8 Å². The lowest BCUT2D eigenvalue weighted by Crippen LogP contribution is -2.03. The first-order chi connectivity index (χ1) is 7.69. The molecule has 0 rings (SSSR count). The Morgan fingerprint density at radius 3 is 1.29 bits per heavy atom. The molecule has 1 unspecified atom stereocenters. The Labute approximate surface area is 104 Å². The second-order valence-electron chi connectivity index (χ2n) is 3.24. The summed E-state index contributed by atoms with van der Waals surface area (Å²) in [5.74, 6) is -0.833. The first-order valence-electron chi connectivity index (χ1n) is 5.10. The van der Waals surface area contributed by atoms with Crippen LogP contribution in [0.4, 0.5) is 0 Å². The van der Waals surface area contributed by atoms with Crippen LogP contribution in [-0.2, 0) is 14.3 Å². The summed E-state index contributed by atoms with van der Waals surface area (Å²) in [5, 5.41) is 23.4. The highest BCUT2D eigenvalue weighted by Gasteiger charge is 1.83. The Balaban J connectivity index is -0.0000000676. The predicted molar refractivity (Wildman–Crippen MR) is 67.2 cm³/mol. The zero-order chi connectivity index (χ0) is 14.9. The van der Waals surface area contributed by atoms with E-state index in [-0.39, 0.29) is 6.61 Å². The van der Waals surface area contributed by atoms with Gasteiger partial charge in [-0.1, -0.05) is 0 Å². The Morgan fingerprint density at radius 1 is 1.18 bits per heavy atom. The monoisotopic (exact) mass is 256 g/mol. The molecule has 0 aliphatic rings. The van der Waals surface area contributed by atoms with Crippen molar-refractivity contribution in [1.29, 1.82) is 0 Å². The summed E-state index contributed by atoms with van der Waals surface area (Å²) < 4.78 is 9.00. The zero-order valence-corrected chi connectivity index (χ0v) is 11.9. The molecule has 1 atom stereocenters. The Morgan fingerprint density at radius 2 is 1.29 bits per heavy atom. The fourth-order valence-corrected chi connectivity index (χ4v) is 0. The third-order valence-electron chi connectivity index (χ3n) is 0.736. The molecule has 0 aliphatic heterocycles. The maximum atomic E-state index is 9.00. The van der Waals surface area contributed by atoms with Crippen LogP contribution in [0, 0.1) is 0 Å². The first kappa shape index (κ1) is 25.2. The average molecular weight is 256 g/mol. The van der Waals surface area contributed by atoms with E-state index in [4.69, 9.17) is 24.9 Å². The molecule has 0 heterocycles. The molecule has 0 radical (unpaired) electrons. The van der Waals surface area contributed by atoms with Crippen LogP contribution >= 0.6 is 0 Å². The van der Waals surface area contributed by atoms with E-state index in [0.29, 0.717) is 6.10 Å². The summed E-state index contributed by atoms with van der Waals surface area (Å²) in [4.78, 5) is 9.00. The molecular formula is C11H28O6. The van der Waals surface area contributed by atoms with Crippen molar-refractivity contribution in [2.24, 2.45) is 0 Å². The highest BCUT2D eigenvalue weighted by atomic mass is 16.5. The molecule has 0 fully saturated rings. The number of hydrogen-bond donors (Lipinski definition) is 3. The van der Waals surface area contributed by atoms with Crippen LogP contribution in [0.2, 0.25) is 0 Å². The van der Waals surface area contributed by atoms with Crippen LogP contribution in [0.25, 0.3) is 0 Å². The number of carbonyl (C=O) groups is 1. The van der Waals surface area contributed by atoms with Gasteiger partial charge in [-0.15, -0.1) is 0 Å². The Hall–Kier alpha value is -0.690. The van der Waals surface area contributed by atoms with Gasteiger partial charge in [0.2, 0.25) is 0 Å². The normalized spacial score (nSPS) is 9.76. The molecule has 0 aliphatic carbocycles. The minimum Gasteiger partial charge on any atom is -0.481 e. The number of carboxylic acid groups (broad SMARTS) is 1. The molecule has 0 bridgehead atoms. The van der Waals surface area contributed by atoms with Crippen LogP contribution in [-0.4, -0.2) is 61.4 Å². The Bertz CT molecular complexity index is 113. The van der Waals surface area contributed by atoms with Gasteiger partial charge in [0.05, 0.1) is 18.8 Å². The summed E-state index contributed by atoms with van der Waals surface area (Å²) in [6.07, 6.45) is -0.176. The first-order valence-corrected chi connectivity index (χ1v) is 5.10. The van der Waals surface area contributed by atoms with Crippen molar-refractivity contribution < 1.29 is 29.6 Å². The second kappa shape index (κ2) is 24.5. The number of carboxylic acids is 1. The van der Waals surface area contributed by atoms with Gasteiger partial charge in [0.15, 0.2) is 0 Å². The van der Waals surface area contributed by atoms with Crippen molar-refractivity contribution in [3.8, 4) is 0 Å². The minimum absolute atomic E-state index is 0.139. The number of aliphatic hydroxyl groups excluding tert-OH is 2. The van der Waals surface area contributed by atoms with E-state index < -0.39 is 12.1 Å². The summed E-state index contributed by atoms with van der Waals surface area (Å²) in [6.45, 7) is 6.47. The molecule has 6 heteroatoms. The maximum Gasteiger partial charge on any atom is 0.300 e. The van der Waals surface area contributed by atoms with E-state index in [0.717, 1.165) is 6.92 Å². The van der Waals surface area contributed by atoms with E-state index in [1.807, 2.05) is 13.8 Å². The SMILES string of the molecule is CC(=O)O.CC(O)CO.COC.COC(C)C. The van der Waals surface area contributed by atoms with Crippen LogP contribution in [0.3, 0.4) is 0 Å². The molecule has 6 nitrogen and oxygen atoms in total. The summed E-state index contributed by atoms with van der Waals surface area (Å²) in [5.41, 5.74) is 0. The fourth-order valence-electron chi connectivity index (χ4n) is 0. The molecule has 0 aromatic carbocycles. The molecule has 0 aromatic rings. The van der Waals surface area contributed by atoms with Gasteiger partial charge in [0, 0.05) is 28.3 Å². The molecule has 0 amide bonds. The molecule has 108 valence electrons. The van der Waals surface area contributed by atoms with Gasteiger partial charge in [0.25, 0.3) is 5.97 Å². The van der Waals surface area contributed by atoms with Crippen molar-refractivity contribution >= 4 is 5.97 Å². The molecule has 0 saturated carbocycles. The van der Waals surface area contributed by atoms with Gasteiger partial charge in [-0.25, -0.2) is 0 Å². The third kappa shape index (κ3) is 248. The van der Waals surface area contributed by atoms with Gasteiger partial charge in [0.1, 0.15) is 0 Å². The van der Waals surface area contributed by atoms with Gasteiger partial charge in [-0.2, -0.15) is 0 Å². The highest BCUT2D eigenvalue weighted by molar-refractivity contribution is 5.62. The summed E-state index contributed by atoms with van der Waals surface area (Å²) >= 11 is 0. The lowest BCUT2D eigenvalue weighted by Gasteiger charge is -1.94. The number of ether oxygens (including phenoxy) is 2. The topological polar surface area (TPSA) is 96.2 Å². The van der Waals surface area contributed by atoms with Crippen molar-refractivity contribution in [1.82, 2.24) is 0 Å². The van der Waals surface area contributed by atoms with Crippen molar-refractivity contribution in [3.63, 3.8) is 0 Å². The number of aliphatic carboxylic acids is 1. The molecular weight excluding hydrogens is 228 g/mol. The molecule has 3 N–H and O–H groups in total. The van der Waals surface area contributed by atoms with Crippen molar-refractivity contribution in [2.45, 2.75) is 39.9 Å². The molecule has 0 spiro atoms. The van der Waals surface area contributed by atoms with E-state index in [2.05, 4.69) is 4.74 Å². The summed E-state index contributed by atoms with van der Waals surface area (Å²) in [7, 11) is 4.95. The fraction of sp³-hybridized carbons (Fsp3) is 0.909. The average Bonchev–Trinajstić information content (AvgIpc) is 2.19. The number of hydrogen-bond acceptors (Lipinski definition) is 5. The Kier molecular flexibility index (Phi) is 36.4. The second-order valence-corrected chi connectivity index (χ2v) is 3.24. The minimum atomic E-state index is -0.833. The number of rotatable bonds is 2.